The van der Waals surface area contributed by atoms with Gasteiger partial charge in [0.15, 0.2) is 0 Å². The van der Waals surface area contributed by atoms with Gasteiger partial charge in [-0.3, -0.25) is 14.5 Å². The van der Waals surface area contributed by atoms with E-state index in [1.165, 1.54) is 23.3 Å². The summed E-state index contributed by atoms with van der Waals surface area (Å²) >= 11 is 0. The topological polar surface area (TPSA) is 52.7 Å². The van der Waals surface area contributed by atoms with E-state index in [0.29, 0.717) is 28.4 Å². The molecule has 1 saturated heterocycles. The second-order valence-electron chi connectivity index (χ2n) is 10.0. The lowest BCUT2D eigenvalue weighted by Gasteiger charge is -2.40. The lowest BCUT2D eigenvalue weighted by atomic mass is 9.94. The Kier molecular flexibility index (Phi) is 7.25. The number of alkyl halides is 3. The first-order valence-corrected chi connectivity index (χ1v) is 12.9. The molecule has 1 N–H and O–H groups in total. The van der Waals surface area contributed by atoms with E-state index in [4.69, 9.17) is 0 Å². The molecule has 2 heterocycles. The van der Waals surface area contributed by atoms with Crippen molar-refractivity contribution in [2.45, 2.75) is 44.9 Å². The van der Waals surface area contributed by atoms with Crippen LogP contribution in [0.5, 0.6) is 0 Å². The zero-order valence-corrected chi connectivity index (χ0v) is 21.2. The zero-order chi connectivity index (χ0) is 26.9. The molecule has 2 aliphatic heterocycles. The molecule has 2 amide bonds. The van der Waals surface area contributed by atoms with Gasteiger partial charge in [-0.1, -0.05) is 36.4 Å². The van der Waals surface area contributed by atoms with Crippen molar-refractivity contribution in [1.29, 1.82) is 0 Å². The van der Waals surface area contributed by atoms with Crippen LogP contribution in [0.3, 0.4) is 0 Å². The Balaban J connectivity index is 1.27. The van der Waals surface area contributed by atoms with Gasteiger partial charge in [0.05, 0.1) is 5.56 Å². The van der Waals surface area contributed by atoms with E-state index in [-0.39, 0.29) is 11.8 Å². The molecule has 0 unspecified atom stereocenters. The number of carbonyl (C=O) groups excluding carboxylic acids is 2. The quantitative estimate of drug-likeness (QED) is 0.459. The van der Waals surface area contributed by atoms with Crippen LogP contribution in [0.4, 0.5) is 18.9 Å². The van der Waals surface area contributed by atoms with E-state index in [0.717, 1.165) is 57.6 Å². The first kappa shape index (κ1) is 26.0. The number of halogens is 3. The Bertz CT molecular complexity index is 1330. The fraction of sp³-hybridized carbons (Fsp3) is 0.333. The molecule has 0 bridgehead atoms. The number of rotatable bonds is 4. The summed E-state index contributed by atoms with van der Waals surface area (Å²) in [7, 11) is 0. The Morgan fingerprint density at radius 3 is 2.29 bits per heavy atom. The number of fused-ring (bicyclic) bond motifs is 1. The first-order valence-electron chi connectivity index (χ1n) is 12.9. The number of benzene rings is 3. The molecule has 3 aromatic rings. The summed E-state index contributed by atoms with van der Waals surface area (Å²) in [6.45, 7) is 5.03. The van der Waals surface area contributed by atoms with Crippen LogP contribution in [-0.2, 0) is 23.9 Å². The standard InChI is InChI=1S/C30H30F3N3O2/c1-20(37)35-16-13-26(14-17-35)36-15-12-22-18-25(11-8-23(22)19-36)34-29(38)28-5-3-2-4-27(28)21-6-9-24(10-7-21)30(31,32)33/h2-11,18,26H,12-17,19H2,1H3,(H,34,38). The molecule has 8 heteroatoms. The van der Waals surface area contributed by atoms with Crippen molar-refractivity contribution in [2.75, 3.05) is 25.0 Å². The molecule has 3 aromatic carbocycles. The predicted molar refractivity (Wildman–Crippen MR) is 141 cm³/mol. The Morgan fingerprint density at radius 1 is 0.895 bits per heavy atom. The van der Waals surface area contributed by atoms with Crippen LogP contribution in [-0.4, -0.2) is 47.3 Å². The van der Waals surface area contributed by atoms with Gasteiger partial charge < -0.3 is 10.2 Å². The fourth-order valence-corrected chi connectivity index (χ4v) is 5.48. The average molecular weight is 522 g/mol. The molecule has 198 valence electrons. The third kappa shape index (κ3) is 5.60. The number of nitrogens with zero attached hydrogens (tertiary/aromatic N) is 2. The van der Waals surface area contributed by atoms with Crippen LogP contribution >= 0.6 is 0 Å². The largest absolute Gasteiger partial charge is 0.416 e. The summed E-state index contributed by atoms with van der Waals surface area (Å²) in [4.78, 5) is 29.2. The van der Waals surface area contributed by atoms with Crippen LogP contribution < -0.4 is 5.32 Å². The van der Waals surface area contributed by atoms with E-state index in [1.807, 2.05) is 17.0 Å². The molecule has 38 heavy (non-hydrogen) atoms. The molecular formula is C30H30F3N3O2. The number of anilines is 1. The molecule has 0 spiro atoms. The van der Waals surface area contributed by atoms with Crippen LogP contribution in [0.25, 0.3) is 11.1 Å². The number of nitrogens with one attached hydrogen (secondary N) is 1. The Morgan fingerprint density at radius 2 is 1.61 bits per heavy atom. The van der Waals surface area contributed by atoms with Gasteiger partial charge >= 0.3 is 6.18 Å². The maximum absolute atomic E-state index is 13.2. The number of likely N-dealkylation sites (tertiary alicyclic amines) is 1. The third-order valence-corrected chi connectivity index (χ3v) is 7.63. The molecule has 5 nitrogen and oxygen atoms in total. The molecular weight excluding hydrogens is 491 g/mol. The lowest BCUT2D eigenvalue weighted by molar-refractivity contribution is -0.137. The SMILES string of the molecule is CC(=O)N1CCC(N2CCc3cc(NC(=O)c4ccccc4-c4ccc(C(F)(F)F)cc4)ccc3C2)CC1. The summed E-state index contributed by atoms with van der Waals surface area (Å²) in [6.07, 6.45) is -1.55. The second kappa shape index (κ2) is 10.6. The van der Waals surface area contributed by atoms with Crippen molar-refractivity contribution < 1.29 is 22.8 Å². The fourth-order valence-electron chi connectivity index (χ4n) is 5.48. The summed E-state index contributed by atoms with van der Waals surface area (Å²) in [6, 6.07) is 18.2. The zero-order valence-electron chi connectivity index (χ0n) is 21.2. The Hall–Kier alpha value is -3.65. The van der Waals surface area contributed by atoms with Gasteiger partial charge in [-0.05, 0) is 71.8 Å². The lowest BCUT2D eigenvalue weighted by Crippen LogP contribution is -2.47. The third-order valence-electron chi connectivity index (χ3n) is 7.63. The molecule has 0 saturated carbocycles. The summed E-state index contributed by atoms with van der Waals surface area (Å²) in [5, 5.41) is 2.97. The second-order valence-corrected chi connectivity index (χ2v) is 10.0. The highest BCUT2D eigenvalue weighted by atomic mass is 19.4. The van der Waals surface area contributed by atoms with Gasteiger partial charge in [0.25, 0.3) is 5.91 Å². The summed E-state index contributed by atoms with van der Waals surface area (Å²) in [5.41, 5.74) is 3.93. The highest BCUT2D eigenvalue weighted by Gasteiger charge is 2.30. The highest BCUT2D eigenvalue weighted by Crippen LogP contribution is 2.32. The minimum Gasteiger partial charge on any atom is -0.343 e. The monoisotopic (exact) mass is 521 g/mol. The number of amides is 2. The van der Waals surface area contributed by atoms with Gasteiger partial charge in [-0.15, -0.1) is 0 Å². The maximum atomic E-state index is 13.2. The molecule has 1 fully saturated rings. The number of piperidine rings is 1. The van der Waals surface area contributed by atoms with Gasteiger partial charge in [0, 0.05) is 50.4 Å². The summed E-state index contributed by atoms with van der Waals surface area (Å²) < 4.78 is 38.9. The molecule has 0 aliphatic carbocycles. The van der Waals surface area contributed by atoms with Gasteiger partial charge in [-0.2, -0.15) is 13.2 Å². The van der Waals surface area contributed by atoms with E-state index in [2.05, 4.69) is 16.3 Å². The van der Waals surface area contributed by atoms with E-state index in [1.54, 1.807) is 31.2 Å². The molecule has 2 aliphatic rings. The predicted octanol–water partition coefficient (Wildman–Crippen LogP) is 5.99. The highest BCUT2D eigenvalue weighted by molar-refractivity contribution is 6.08. The summed E-state index contributed by atoms with van der Waals surface area (Å²) in [5.74, 6) is -0.167. The molecule has 0 aromatic heterocycles. The van der Waals surface area contributed by atoms with E-state index < -0.39 is 11.7 Å². The van der Waals surface area contributed by atoms with Crippen molar-refractivity contribution in [1.82, 2.24) is 9.80 Å². The minimum atomic E-state index is -4.41. The minimum absolute atomic E-state index is 0.143. The van der Waals surface area contributed by atoms with Crippen molar-refractivity contribution in [3.8, 4) is 11.1 Å². The smallest absolute Gasteiger partial charge is 0.343 e. The van der Waals surface area contributed by atoms with Gasteiger partial charge in [0.2, 0.25) is 5.91 Å². The number of carbonyl (C=O) groups is 2. The van der Waals surface area contributed by atoms with Gasteiger partial charge in [-0.25, -0.2) is 0 Å². The van der Waals surface area contributed by atoms with Gasteiger partial charge in [0.1, 0.15) is 0 Å². The van der Waals surface area contributed by atoms with Crippen LogP contribution in [0.1, 0.15) is 46.8 Å². The first-order chi connectivity index (χ1) is 18.2. The Labute approximate surface area is 220 Å². The van der Waals surface area contributed by atoms with Crippen LogP contribution in [0.2, 0.25) is 0 Å². The molecule has 5 rings (SSSR count). The average Bonchev–Trinajstić information content (AvgIpc) is 2.92. The normalized spacial score (nSPS) is 16.7. The van der Waals surface area contributed by atoms with E-state index in [9.17, 15) is 22.8 Å². The maximum Gasteiger partial charge on any atom is 0.416 e. The van der Waals surface area contributed by atoms with E-state index >= 15 is 0 Å². The van der Waals surface area contributed by atoms with Crippen molar-refractivity contribution in [3.05, 3.63) is 89.0 Å². The molecule has 0 radical (unpaired) electrons. The van der Waals surface area contributed by atoms with Crippen molar-refractivity contribution in [2.24, 2.45) is 0 Å². The van der Waals surface area contributed by atoms with Crippen LogP contribution in [0.15, 0.2) is 66.7 Å². The molecule has 0 atom stereocenters. The van der Waals surface area contributed by atoms with Crippen molar-refractivity contribution >= 4 is 17.5 Å². The number of hydrogen-bond donors (Lipinski definition) is 1. The van der Waals surface area contributed by atoms with Crippen molar-refractivity contribution in [3.63, 3.8) is 0 Å². The number of hydrogen-bond acceptors (Lipinski definition) is 3. The van der Waals surface area contributed by atoms with Crippen LogP contribution in [0, 0.1) is 0 Å².